The maximum absolute atomic E-state index is 13.8. The zero-order chi connectivity index (χ0) is 38.2. The van der Waals surface area contributed by atoms with Gasteiger partial charge in [0, 0.05) is 23.8 Å². The maximum atomic E-state index is 13.8. The third-order valence-electron chi connectivity index (χ3n) is 10.7. The van der Waals surface area contributed by atoms with Crippen LogP contribution < -0.4 is 0 Å². The number of ether oxygens (including phenoxy) is 1. The fourth-order valence-electron chi connectivity index (χ4n) is 4.90. The summed E-state index contributed by atoms with van der Waals surface area (Å²) in [5.74, 6) is 0.156. The molecule has 0 bridgehead atoms. The first kappa shape index (κ1) is 46.1. The molecule has 0 aliphatic carbocycles. The van der Waals surface area contributed by atoms with Gasteiger partial charge in [-0.3, -0.25) is 9.59 Å². The van der Waals surface area contributed by atoms with E-state index in [0.717, 1.165) is 42.1 Å². The third kappa shape index (κ3) is 14.9. The molecule has 49 heavy (non-hydrogen) atoms. The fraction of sp³-hybridized carbons (Fsp3) is 0.769. The lowest BCUT2D eigenvalue weighted by atomic mass is 9.79. The lowest BCUT2D eigenvalue weighted by Gasteiger charge is -2.43. The van der Waals surface area contributed by atoms with Crippen molar-refractivity contribution in [3.05, 3.63) is 33.3 Å². The van der Waals surface area contributed by atoms with Crippen LogP contribution in [-0.4, -0.2) is 57.0 Å². The first-order valence-corrected chi connectivity index (χ1v) is 25.7. The maximum Gasteiger partial charge on any atom is 0.309 e. The normalized spacial score (nSPS) is 16.7. The van der Waals surface area contributed by atoms with Gasteiger partial charge in [0.05, 0.1) is 28.1 Å². The molecule has 10 heteroatoms. The number of alkyl halides is 1. The molecule has 0 aliphatic heterocycles. The number of carbonyl (C=O) groups excluding carboxylic acids is 2. The van der Waals surface area contributed by atoms with Crippen molar-refractivity contribution in [2.75, 3.05) is 6.61 Å². The lowest BCUT2D eigenvalue weighted by molar-refractivity contribution is -0.152. The van der Waals surface area contributed by atoms with Gasteiger partial charge in [-0.1, -0.05) is 89.9 Å². The van der Waals surface area contributed by atoms with Gasteiger partial charge in [-0.15, -0.1) is 11.3 Å². The van der Waals surface area contributed by atoms with Crippen LogP contribution in [0.2, 0.25) is 36.3 Å². The standard InChI is InChI=1S/C39H70BrNO5SSi2/c1-27(19-18-20-28(2)25-44-48(14,15)37(6,7)8)21-22-33(29(3)23-32-26-47-31(5)41-32)45-35(42)24-34(39(12,13)36(43)30(4)40)46-49(16,17)38(9,10)11/h21,23,26,28,30,33-34H,18-20,22,24-25H2,1-17H3. The van der Waals surface area contributed by atoms with Crippen molar-refractivity contribution in [1.29, 1.82) is 0 Å². The van der Waals surface area contributed by atoms with Gasteiger partial charge in [0.2, 0.25) is 0 Å². The van der Waals surface area contributed by atoms with Crippen LogP contribution in [0.4, 0.5) is 0 Å². The molecule has 0 aliphatic rings. The van der Waals surface area contributed by atoms with E-state index in [-0.39, 0.29) is 33.1 Å². The van der Waals surface area contributed by atoms with E-state index in [1.807, 2.05) is 46.1 Å². The Morgan fingerprint density at radius 3 is 2.04 bits per heavy atom. The number of nitrogens with zero attached hydrogens (tertiary/aromatic N) is 1. The molecule has 6 nitrogen and oxygen atoms in total. The summed E-state index contributed by atoms with van der Waals surface area (Å²) < 4.78 is 19.5. The number of ketones is 1. The molecule has 1 heterocycles. The van der Waals surface area contributed by atoms with E-state index in [9.17, 15) is 9.59 Å². The number of esters is 1. The number of hydrogen-bond acceptors (Lipinski definition) is 7. The van der Waals surface area contributed by atoms with Gasteiger partial charge in [0.15, 0.2) is 22.4 Å². The first-order chi connectivity index (χ1) is 22.1. The highest BCUT2D eigenvalue weighted by molar-refractivity contribution is 9.10. The van der Waals surface area contributed by atoms with E-state index in [0.29, 0.717) is 12.3 Å². The molecule has 0 amide bonds. The summed E-state index contributed by atoms with van der Waals surface area (Å²) in [6, 6.07) is 0. The molecule has 1 aromatic rings. The van der Waals surface area contributed by atoms with Crippen LogP contribution in [-0.2, 0) is 23.2 Å². The van der Waals surface area contributed by atoms with Crippen LogP contribution >= 0.6 is 27.3 Å². The Balaban J connectivity index is 3.16. The van der Waals surface area contributed by atoms with Gasteiger partial charge in [0.1, 0.15) is 6.10 Å². The highest BCUT2D eigenvalue weighted by Crippen LogP contribution is 2.42. The molecule has 1 aromatic heterocycles. The number of aromatic nitrogens is 1. The van der Waals surface area contributed by atoms with E-state index < -0.39 is 34.3 Å². The predicted molar refractivity (Wildman–Crippen MR) is 219 cm³/mol. The molecule has 0 radical (unpaired) electrons. The smallest absolute Gasteiger partial charge is 0.309 e. The lowest BCUT2D eigenvalue weighted by Crippen LogP contribution is -2.51. The van der Waals surface area contributed by atoms with Crippen LogP contribution in [0.15, 0.2) is 22.6 Å². The van der Waals surface area contributed by atoms with Gasteiger partial charge < -0.3 is 13.6 Å². The molecule has 0 fully saturated rings. The number of allylic oxidation sites excluding steroid dienone is 1. The quantitative estimate of drug-likeness (QED) is 0.0600. The Kier molecular flexibility index (Phi) is 17.6. The molecular formula is C39H70BrNO5SSi2. The Morgan fingerprint density at radius 1 is 0.980 bits per heavy atom. The van der Waals surface area contributed by atoms with Gasteiger partial charge in [-0.25, -0.2) is 4.98 Å². The SMILES string of the molecule is CC(=CCC(OC(=O)CC(O[Si](C)(C)C(C)(C)C)C(C)(C)C(=O)C(C)Br)C(C)=Cc1csc(C)n1)CCCC(C)CO[Si](C)(C)C(C)(C)C. The van der Waals surface area contributed by atoms with Crippen LogP contribution in [0.25, 0.3) is 6.08 Å². The summed E-state index contributed by atoms with van der Waals surface area (Å²) >= 11 is 5.07. The topological polar surface area (TPSA) is 74.7 Å². The minimum absolute atomic E-state index is 0.00208. The zero-order valence-electron chi connectivity index (χ0n) is 34.1. The average molecular weight is 801 g/mol. The van der Waals surface area contributed by atoms with E-state index in [1.165, 1.54) is 5.57 Å². The molecular weight excluding hydrogens is 731 g/mol. The molecule has 282 valence electrons. The molecule has 0 aromatic carbocycles. The monoisotopic (exact) mass is 799 g/mol. The summed E-state index contributed by atoms with van der Waals surface area (Å²) in [4.78, 5) is 31.4. The fourth-order valence-corrected chi connectivity index (χ4v) is 8.63. The number of rotatable bonds is 19. The zero-order valence-corrected chi connectivity index (χ0v) is 38.5. The minimum atomic E-state index is -2.32. The average Bonchev–Trinajstić information content (AvgIpc) is 3.35. The van der Waals surface area contributed by atoms with Crippen LogP contribution in [0.5, 0.6) is 0 Å². The third-order valence-corrected chi connectivity index (χ3v) is 20.9. The van der Waals surface area contributed by atoms with E-state index in [4.69, 9.17) is 13.6 Å². The summed E-state index contributed by atoms with van der Waals surface area (Å²) in [5, 5.41) is 3.15. The van der Waals surface area contributed by atoms with Crippen molar-refractivity contribution >= 4 is 61.7 Å². The Hall–Kier alpha value is -0.916. The van der Waals surface area contributed by atoms with Gasteiger partial charge in [0.25, 0.3) is 0 Å². The highest BCUT2D eigenvalue weighted by atomic mass is 79.9. The first-order valence-electron chi connectivity index (χ1n) is 18.1. The summed E-state index contributed by atoms with van der Waals surface area (Å²) in [6.45, 7) is 37.1. The molecule has 0 saturated carbocycles. The molecule has 4 atom stereocenters. The van der Waals surface area contributed by atoms with Crippen LogP contribution in [0, 0.1) is 18.3 Å². The number of Topliss-reactive ketones (excluding diaryl/α,β-unsaturated/α-hetero) is 1. The second-order valence-electron chi connectivity index (χ2n) is 17.8. The second kappa shape index (κ2) is 18.7. The van der Waals surface area contributed by atoms with Crippen molar-refractivity contribution < 1.29 is 23.2 Å². The Labute approximate surface area is 315 Å². The summed E-state index contributed by atoms with van der Waals surface area (Å²) in [7, 11) is -4.06. The van der Waals surface area contributed by atoms with E-state index >= 15 is 0 Å². The van der Waals surface area contributed by atoms with E-state index in [2.05, 4.69) is 109 Å². The summed E-state index contributed by atoms with van der Waals surface area (Å²) in [5.41, 5.74) is 2.20. The van der Waals surface area contributed by atoms with Crippen LogP contribution in [0.3, 0.4) is 0 Å². The Bertz CT molecular complexity index is 1290. The van der Waals surface area contributed by atoms with Gasteiger partial charge >= 0.3 is 5.97 Å². The van der Waals surface area contributed by atoms with Crippen molar-refractivity contribution in [2.24, 2.45) is 11.3 Å². The van der Waals surface area contributed by atoms with Crippen LogP contribution in [0.1, 0.15) is 126 Å². The number of thiazole rings is 1. The van der Waals surface area contributed by atoms with Crippen molar-refractivity contribution in [2.45, 2.75) is 175 Å². The molecule has 0 spiro atoms. The van der Waals surface area contributed by atoms with Gasteiger partial charge in [-0.05, 0) is 101 Å². The number of halogens is 1. The number of aryl methyl sites for hydroxylation is 1. The molecule has 0 saturated heterocycles. The van der Waals surface area contributed by atoms with E-state index in [1.54, 1.807) is 11.3 Å². The predicted octanol–water partition coefficient (Wildman–Crippen LogP) is 12.1. The number of carbonyl (C=O) groups is 2. The van der Waals surface area contributed by atoms with Crippen molar-refractivity contribution in [3.63, 3.8) is 0 Å². The number of hydrogen-bond donors (Lipinski definition) is 0. The second-order valence-corrected chi connectivity index (χ2v) is 29.8. The van der Waals surface area contributed by atoms with Crippen molar-refractivity contribution in [1.82, 2.24) is 4.98 Å². The largest absolute Gasteiger partial charge is 0.457 e. The highest BCUT2D eigenvalue weighted by Gasteiger charge is 2.47. The Morgan fingerprint density at radius 2 is 1.55 bits per heavy atom. The van der Waals surface area contributed by atoms with Gasteiger partial charge in [-0.2, -0.15) is 0 Å². The van der Waals surface area contributed by atoms with Crippen molar-refractivity contribution in [3.8, 4) is 0 Å². The molecule has 0 N–H and O–H groups in total. The molecule has 1 rings (SSSR count). The molecule has 4 unspecified atom stereocenters. The summed E-state index contributed by atoms with van der Waals surface area (Å²) in [6.07, 6.45) is 6.91. The minimum Gasteiger partial charge on any atom is -0.457 e.